The number of aryl methyl sites for hydroxylation is 2. The predicted molar refractivity (Wildman–Crippen MR) is 118 cm³/mol. The highest BCUT2D eigenvalue weighted by molar-refractivity contribution is 7.20. The lowest BCUT2D eigenvalue weighted by atomic mass is 10.1. The van der Waals surface area contributed by atoms with Gasteiger partial charge in [0.2, 0.25) is 0 Å². The van der Waals surface area contributed by atoms with Gasteiger partial charge in [0.15, 0.2) is 0 Å². The summed E-state index contributed by atoms with van der Waals surface area (Å²) in [5.41, 5.74) is 3.07. The van der Waals surface area contributed by atoms with Crippen molar-refractivity contribution in [3.8, 4) is 0 Å². The second kappa shape index (κ2) is 7.81. The molecule has 0 unspecified atom stereocenters. The Labute approximate surface area is 176 Å². The maximum absolute atomic E-state index is 13.0. The number of hydrogen-bond acceptors (Lipinski definition) is 4. The predicted octanol–water partition coefficient (Wildman–Crippen LogP) is 5.03. The molecule has 0 fully saturated rings. The molecule has 0 saturated carbocycles. The van der Waals surface area contributed by atoms with Crippen LogP contribution in [0.2, 0.25) is 5.02 Å². The number of carbonyl (C=O) groups excluding carboxylic acids is 1. The molecule has 146 valence electrons. The first-order valence-electron chi connectivity index (χ1n) is 9.04. The monoisotopic (exact) mass is 423 g/mol. The van der Waals surface area contributed by atoms with E-state index in [9.17, 15) is 9.59 Å². The molecular weight excluding hydrogens is 406 g/mol. The number of rotatable bonds is 4. The van der Waals surface area contributed by atoms with Gasteiger partial charge in [-0.3, -0.25) is 14.2 Å². The van der Waals surface area contributed by atoms with Crippen LogP contribution >= 0.6 is 22.9 Å². The van der Waals surface area contributed by atoms with Crippen LogP contribution in [0.4, 0.5) is 5.69 Å². The molecule has 0 bridgehead atoms. The summed E-state index contributed by atoms with van der Waals surface area (Å²) in [6.07, 6.45) is 1.54. The van der Waals surface area contributed by atoms with Gasteiger partial charge in [0, 0.05) is 10.7 Å². The number of fused-ring (bicyclic) bond motifs is 1. The zero-order valence-corrected chi connectivity index (χ0v) is 17.5. The number of halogens is 1. The summed E-state index contributed by atoms with van der Waals surface area (Å²) in [5, 5.41) is 4.01. The van der Waals surface area contributed by atoms with Gasteiger partial charge in [-0.15, -0.1) is 11.3 Å². The molecule has 0 radical (unpaired) electrons. The Balaban J connectivity index is 1.69. The van der Waals surface area contributed by atoms with Crippen molar-refractivity contribution in [1.29, 1.82) is 0 Å². The Kier molecular flexibility index (Phi) is 5.22. The average molecular weight is 424 g/mol. The van der Waals surface area contributed by atoms with Crippen LogP contribution in [0.25, 0.3) is 10.2 Å². The number of hydrogen-bond donors (Lipinski definition) is 1. The van der Waals surface area contributed by atoms with E-state index in [-0.39, 0.29) is 11.5 Å². The zero-order chi connectivity index (χ0) is 20.5. The first kappa shape index (κ1) is 19.4. The summed E-state index contributed by atoms with van der Waals surface area (Å²) in [6, 6.07) is 15.0. The van der Waals surface area contributed by atoms with Crippen molar-refractivity contribution in [2.24, 2.45) is 0 Å². The lowest BCUT2D eigenvalue weighted by molar-refractivity contribution is 0.103. The van der Waals surface area contributed by atoms with Gasteiger partial charge in [-0.05, 0) is 48.7 Å². The Hall–Kier alpha value is -2.96. The molecule has 2 aromatic heterocycles. The molecule has 0 aliphatic heterocycles. The van der Waals surface area contributed by atoms with E-state index in [0.29, 0.717) is 37.9 Å². The van der Waals surface area contributed by atoms with Crippen molar-refractivity contribution in [3.63, 3.8) is 0 Å². The Morgan fingerprint density at radius 1 is 1.17 bits per heavy atom. The van der Waals surface area contributed by atoms with Gasteiger partial charge in [0.05, 0.1) is 23.1 Å². The third kappa shape index (κ3) is 3.81. The molecule has 5 nitrogen and oxygen atoms in total. The first-order chi connectivity index (χ1) is 13.9. The molecular formula is C22H18ClN3O2S. The van der Waals surface area contributed by atoms with E-state index in [1.165, 1.54) is 11.3 Å². The molecule has 2 heterocycles. The van der Waals surface area contributed by atoms with Crippen LogP contribution in [0.1, 0.15) is 26.4 Å². The number of thiophene rings is 1. The highest BCUT2D eigenvalue weighted by Gasteiger charge is 2.20. The molecule has 2 aromatic carbocycles. The molecule has 0 aliphatic carbocycles. The molecule has 0 saturated heterocycles. The van der Waals surface area contributed by atoms with E-state index in [2.05, 4.69) is 10.3 Å². The summed E-state index contributed by atoms with van der Waals surface area (Å²) in [5.74, 6) is -0.259. The van der Waals surface area contributed by atoms with Gasteiger partial charge in [-0.25, -0.2) is 4.98 Å². The molecule has 4 rings (SSSR count). The van der Waals surface area contributed by atoms with Crippen LogP contribution in [0.5, 0.6) is 0 Å². The third-order valence-electron chi connectivity index (χ3n) is 4.76. The largest absolute Gasteiger partial charge is 0.321 e. The van der Waals surface area contributed by atoms with E-state index in [1.807, 2.05) is 37.3 Å². The van der Waals surface area contributed by atoms with Crippen molar-refractivity contribution in [2.45, 2.75) is 20.4 Å². The van der Waals surface area contributed by atoms with Gasteiger partial charge >= 0.3 is 0 Å². The number of aromatic nitrogens is 2. The normalized spacial score (nSPS) is 11.0. The number of nitrogens with zero attached hydrogens (tertiary/aromatic N) is 2. The lowest BCUT2D eigenvalue weighted by Gasteiger charge is -2.08. The maximum Gasteiger partial charge on any atom is 0.266 e. The summed E-state index contributed by atoms with van der Waals surface area (Å²) in [4.78, 5) is 31.4. The first-order valence-corrected chi connectivity index (χ1v) is 10.2. The molecule has 4 aromatic rings. The molecule has 29 heavy (non-hydrogen) atoms. The van der Waals surface area contributed by atoms with Crippen LogP contribution in [-0.4, -0.2) is 15.5 Å². The molecule has 0 atom stereocenters. The van der Waals surface area contributed by atoms with Crippen molar-refractivity contribution in [2.75, 3.05) is 5.32 Å². The van der Waals surface area contributed by atoms with Crippen LogP contribution in [0.15, 0.2) is 59.7 Å². The van der Waals surface area contributed by atoms with Crippen LogP contribution in [0, 0.1) is 13.8 Å². The van der Waals surface area contributed by atoms with Crippen LogP contribution in [0.3, 0.4) is 0 Å². The zero-order valence-electron chi connectivity index (χ0n) is 15.9. The van der Waals surface area contributed by atoms with Gasteiger partial charge in [-0.1, -0.05) is 41.9 Å². The number of nitrogens with one attached hydrogen (secondary N) is 1. The average Bonchev–Trinajstić information content (AvgIpc) is 3.04. The number of amides is 1. The van der Waals surface area contributed by atoms with E-state index in [4.69, 9.17) is 11.6 Å². The van der Waals surface area contributed by atoms with Crippen molar-refractivity contribution in [1.82, 2.24) is 9.55 Å². The minimum Gasteiger partial charge on any atom is -0.321 e. The van der Waals surface area contributed by atoms with E-state index >= 15 is 0 Å². The highest BCUT2D eigenvalue weighted by atomic mass is 35.5. The number of carbonyl (C=O) groups is 1. The fraction of sp³-hybridized carbons (Fsp3) is 0.136. The SMILES string of the molecule is Cc1cc(Cl)ccc1NC(=O)c1sc2ncn(Cc3ccccc3)c(=O)c2c1C. The lowest BCUT2D eigenvalue weighted by Crippen LogP contribution is -2.21. The van der Waals surface area contributed by atoms with Crippen molar-refractivity contribution in [3.05, 3.63) is 91.8 Å². The van der Waals surface area contributed by atoms with Crippen molar-refractivity contribution < 1.29 is 4.79 Å². The topological polar surface area (TPSA) is 64.0 Å². The van der Waals surface area contributed by atoms with Gasteiger partial charge in [0.1, 0.15) is 4.83 Å². The van der Waals surface area contributed by atoms with Crippen LogP contribution < -0.4 is 10.9 Å². The van der Waals surface area contributed by atoms with Crippen molar-refractivity contribution >= 4 is 44.7 Å². The summed E-state index contributed by atoms with van der Waals surface area (Å²) in [7, 11) is 0. The molecule has 7 heteroatoms. The second-order valence-electron chi connectivity index (χ2n) is 6.81. The smallest absolute Gasteiger partial charge is 0.266 e. The number of benzene rings is 2. The molecule has 1 N–H and O–H groups in total. The molecule has 0 spiro atoms. The maximum atomic E-state index is 13.0. The summed E-state index contributed by atoms with van der Waals surface area (Å²) in [6.45, 7) is 4.10. The van der Waals surface area contributed by atoms with E-state index < -0.39 is 0 Å². The fourth-order valence-electron chi connectivity index (χ4n) is 3.21. The minimum absolute atomic E-state index is 0.144. The summed E-state index contributed by atoms with van der Waals surface area (Å²) < 4.78 is 1.57. The minimum atomic E-state index is -0.259. The Bertz CT molecular complexity index is 1280. The standard InChI is InChI=1S/C22H18ClN3O2S/c1-13-10-16(23)8-9-17(13)25-20(27)19-14(2)18-21(29-19)24-12-26(22(18)28)11-15-6-4-3-5-7-15/h3-10,12H,11H2,1-2H3,(H,25,27). The third-order valence-corrected chi connectivity index (χ3v) is 6.19. The van der Waals surface area contributed by atoms with Gasteiger partial charge < -0.3 is 5.32 Å². The highest BCUT2D eigenvalue weighted by Crippen LogP contribution is 2.28. The van der Waals surface area contributed by atoms with E-state index in [1.54, 1.807) is 36.0 Å². The Morgan fingerprint density at radius 2 is 1.93 bits per heavy atom. The fourth-order valence-corrected chi connectivity index (χ4v) is 4.48. The number of anilines is 1. The van der Waals surface area contributed by atoms with E-state index in [0.717, 1.165) is 11.1 Å². The summed E-state index contributed by atoms with van der Waals surface area (Å²) >= 11 is 7.21. The second-order valence-corrected chi connectivity index (χ2v) is 8.25. The van der Waals surface area contributed by atoms with Crippen LogP contribution in [-0.2, 0) is 6.54 Å². The Morgan fingerprint density at radius 3 is 2.66 bits per heavy atom. The van der Waals surface area contributed by atoms with Gasteiger partial charge in [0.25, 0.3) is 11.5 Å². The quantitative estimate of drug-likeness (QED) is 0.500. The van der Waals surface area contributed by atoms with Gasteiger partial charge in [-0.2, -0.15) is 0 Å². The molecule has 1 amide bonds. The molecule has 0 aliphatic rings.